The van der Waals surface area contributed by atoms with Gasteiger partial charge >= 0.3 is 0 Å². The molecule has 4 heteroatoms. The number of hydrogen-bond donors (Lipinski definition) is 0. The van der Waals surface area contributed by atoms with Crippen LogP contribution in [0.2, 0.25) is 0 Å². The molecular weight excluding hydrogens is 504 g/mol. The van der Waals surface area contributed by atoms with E-state index in [0.29, 0.717) is 30.1 Å². The molecule has 4 nitrogen and oxygen atoms in total. The fourth-order valence-corrected chi connectivity index (χ4v) is 6.24. The van der Waals surface area contributed by atoms with Gasteiger partial charge in [-0.25, -0.2) is 0 Å². The number of unbranched alkanes of at least 4 members (excludes halogenated alkanes) is 4. The van der Waals surface area contributed by atoms with E-state index in [-0.39, 0.29) is 17.7 Å². The lowest BCUT2D eigenvalue weighted by Crippen LogP contribution is -2.44. The second-order valence-electron chi connectivity index (χ2n) is 13.3. The molecule has 0 saturated heterocycles. The van der Waals surface area contributed by atoms with E-state index in [0.717, 1.165) is 51.9 Å². The predicted octanol–water partition coefficient (Wildman–Crippen LogP) is 10.5. The Labute approximate surface area is 258 Å². The summed E-state index contributed by atoms with van der Waals surface area (Å²) >= 11 is 0. The summed E-state index contributed by atoms with van der Waals surface area (Å²) < 4.78 is 0. The molecule has 5 atom stereocenters. The molecule has 5 unspecified atom stereocenters. The highest BCUT2D eigenvalue weighted by molar-refractivity contribution is 5.85. The summed E-state index contributed by atoms with van der Waals surface area (Å²) in [7, 11) is 0. The van der Waals surface area contributed by atoms with Gasteiger partial charge in [0, 0.05) is 38.5 Å². The van der Waals surface area contributed by atoms with Crippen LogP contribution in [-0.2, 0) is 9.59 Å². The minimum Gasteiger partial charge on any atom is -0.342 e. The van der Waals surface area contributed by atoms with Gasteiger partial charge in [-0.05, 0) is 49.4 Å². The molecule has 0 aromatic heterocycles. The average Bonchev–Trinajstić information content (AvgIpc) is 2.98. The molecule has 41 heavy (non-hydrogen) atoms. The van der Waals surface area contributed by atoms with Crippen LogP contribution < -0.4 is 0 Å². The lowest BCUT2D eigenvalue weighted by Gasteiger charge is -2.34. The van der Waals surface area contributed by atoms with Gasteiger partial charge in [-0.1, -0.05) is 139 Å². The Kier molecular flexibility index (Phi) is 24.8. The maximum absolute atomic E-state index is 14.0. The lowest BCUT2D eigenvalue weighted by atomic mass is 9.93. The van der Waals surface area contributed by atoms with Crippen LogP contribution in [0, 0.1) is 29.6 Å². The zero-order chi connectivity index (χ0) is 31.0. The van der Waals surface area contributed by atoms with E-state index < -0.39 is 0 Å². The van der Waals surface area contributed by atoms with E-state index >= 15 is 0 Å². The predicted molar refractivity (Wildman–Crippen MR) is 180 cm³/mol. The Hall–Kier alpha value is -1.06. The zero-order valence-corrected chi connectivity index (χ0v) is 29.4. The van der Waals surface area contributed by atoms with Crippen molar-refractivity contribution in [1.82, 2.24) is 9.80 Å². The molecule has 0 radical (unpaired) electrons. The van der Waals surface area contributed by atoms with Crippen LogP contribution in [0.4, 0.5) is 0 Å². The van der Waals surface area contributed by atoms with E-state index in [1.165, 1.54) is 77.0 Å². The highest BCUT2D eigenvalue weighted by atomic mass is 16.2. The minimum atomic E-state index is -0.260. The third-order valence-electron chi connectivity index (χ3n) is 9.65. The van der Waals surface area contributed by atoms with E-state index in [4.69, 9.17) is 0 Å². The Morgan fingerprint density at radius 3 is 1.05 bits per heavy atom. The molecule has 0 spiro atoms. The van der Waals surface area contributed by atoms with Gasteiger partial charge < -0.3 is 9.80 Å². The van der Waals surface area contributed by atoms with Gasteiger partial charge in [0.1, 0.15) is 0 Å². The van der Waals surface area contributed by atoms with Crippen molar-refractivity contribution in [3.05, 3.63) is 0 Å². The maximum atomic E-state index is 14.0. The van der Waals surface area contributed by atoms with Crippen molar-refractivity contribution in [3.8, 4) is 0 Å². The van der Waals surface area contributed by atoms with Crippen molar-refractivity contribution in [3.63, 3.8) is 0 Å². The summed E-state index contributed by atoms with van der Waals surface area (Å²) in [5, 5.41) is 0. The second-order valence-corrected chi connectivity index (χ2v) is 13.3. The smallest absolute Gasteiger partial charge is 0.225 e. The van der Waals surface area contributed by atoms with Crippen molar-refractivity contribution in [2.45, 2.75) is 171 Å². The van der Waals surface area contributed by atoms with Gasteiger partial charge in [0.25, 0.3) is 0 Å². The first kappa shape index (κ1) is 39.9. The number of carbonyl (C=O) groups is 2. The second kappa shape index (κ2) is 25.4. The van der Waals surface area contributed by atoms with Crippen LogP contribution in [0.1, 0.15) is 171 Å². The summed E-state index contributed by atoms with van der Waals surface area (Å²) in [5.74, 6) is 2.36. The molecule has 0 heterocycles. The summed E-state index contributed by atoms with van der Waals surface area (Å²) in [6.07, 6.45) is 19.3. The molecule has 0 aliphatic heterocycles. The number of carbonyl (C=O) groups excluding carboxylic acids is 2. The van der Waals surface area contributed by atoms with Crippen molar-refractivity contribution < 1.29 is 9.59 Å². The minimum absolute atomic E-state index is 0.201. The average molecular weight is 579 g/mol. The topological polar surface area (TPSA) is 40.6 Å². The summed E-state index contributed by atoms with van der Waals surface area (Å²) in [6.45, 7) is 23.5. The van der Waals surface area contributed by atoms with Crippen molar-refractivity contribution in [2.24, 2.45) is 29.6 Å². The Balaban J connectivity index is 5.80. The SMILES string of the molecule is CCCCC(CC)CN(CC(CC)CCCC)C(=O)CC(C)C(=O)N(CC(CC)CCCC)CC(CC)CCCC. The summed E-state index contributed by atoms with van der Waals surface area (Å²) in [6, 6.07) is 0. The molecular formula is C37H74N2O2. The Morgan fingerprint density at radius 1 is 0.488 bits per heavy atom. The monoisotopic (exact) mass is 579 g/mol. The number of nitrogens with zero attached hydrogens (tertiary/aromatic N) is 2. The molecule has 0 aliphatic carbocycles. The zero-order valence-electron chi connectivity index (χ0n) is 29.4. The van der Waals surface area contributed by atoms with Crippen molar-refractivity contribution >= 4 is 11.8 Å². The van der Waals surface area contributed by atoms with Gasteiger partial charge in [-0.3, -0.25) is 9.59 Å². The number of hydrogen-bond acceptors (Lipinski definition) is 2. The highest BCUT2D eigenvalue weighted by Gasteiger charge is 2.29. The Bertz CT molecular complexity index is 600. The van der Waals surface area contributed by atoms with Crippen LogP contribution in [-0.4, -0.2) is 47.8 Å². The quantitative estimate of drug-likeness (QED) is 0.0972. The normalized spacial score (nSPS) is 15.2. The number of amides is 2. The first-order valence-electron chi connectivity index (χ1n) is 18.3. The molecule has 244 valence electrons. The first-order chi connectivity index (χ1) is 19.7. The van der Waals surface area contributed by atoms with Crippen LogP contribution in [0.25, 0.3) is 0 Å². The molecule has 0 saturated carbocycles. The van der Waals surface area contributed by atoms with E-state index in [1.54, 1.807) is 0 Å². The maximum Gasteiger partial charge on any atom is 0.225 e. The van der Waals surface area contributed by atoms with Gasteiger partial charge in [0.15, 0.2) is 0 Å². The molecule has 0 bridgehead atoms. The molecule has 0 aromatic carbocycles. The van der Waals surface area contributed by atoms with Crippen LogP contribution in [0.3, 0.4) is 0 Å². The first-order valence-corrected chi connectivity index (χ1v) is 18.3. The third kappa shape index (κ3) is 17.6. The highest BCUT2D eigenvalue weighted by Crippen LogP contribution is 2.24. The van der Waals surface area contributed by atoms with Gasteiger partial charge in [0.05, 0.1) is 0 Å². The van der Waals surface area contributed by atoms with Gasteiger partial charge in [-0.15, -0.1) is 0 Å². The lowest BCUT2D eigenvalue weighted by molar-refractivity contribution is -0.142. The van der Waals surface area contributed by atoms with Gasteiger partial charge in [0.2, 0.25) is 11.8 Å². The molecule has 2 amide bonds. The molecule has 0 aromatic rings. The number of rotatable bonds is 27. The third-order valence-corrected chi connectivity index (χ3v) is 9.65. The summed E-state index contributed by atoms with van der Waals surface area (Å²) in [5.41, 5.74) is 0. The molecule has 0 aliphatic rings. The standard InChI is InChI=1S/C37H74N2O2/c1-10-18-22-32(14-5)27-38(28-33(15-6)23-19-11-2)36(40)26-31(9)37(41)39(29-34(16-7)24-20-12-3)30-35(17-8)25-21-13-4/h31-35H,10-30H2,1-9H3. The van der Waals surface area contributed by atoms with Gasteiger partial charge in [-0.2, -0.15) is 0 Å². The van der Waals surface area contributed by atoms with Crippen molar-refractivity contribution in [1.29, 1.82) is 0 Å². The fourth-order valence-electron chi connectivity index (χ4n) is 6.24. The fraction of sp³-hybridized carbons (Fsp3) is 0.946. The largest absolute Gasteiger partial charge is 0.342 e. The van der Waals surface area contributed by atoms with Crippen LogP contribution >= 0.6 is 0 Å². The van der Waals surface area contributed by atoms with E-state index in [9.17, 15) is 9.59 Å². The Morgan fingerprint density at radius 2 is 0.780 bits per heavy atom. The van der Waals surface area contributed by atoms with E-state index in [1.807, 2.05) is 6.92 Å². The van der Waals surface area contributed by atoms with E-state index in [2.05, 4.69) is 65.2 Å². The van der Waals surface area contributed by atoms with Crippen molar-refractivity contribution in [2.75, 3.05) is 26.2 Å². The summed E-state index contributed by atoms with van der Waals surface area (Å²) in [4.78, 5) is 32.3. The molecule has 0 rings (SSSR count). The molecule has 0 fully saturated rings. The molecule has 0 N–H and O–H groups in total. The van der Waals surface area contributed by atoms with Crippen LogP contribution in [0.5, 0.6) is 0 Å². The van der Waals surface area contributed by atoms with Crippen LogP contribution in [0.15, 0.2) is 0 Å².